The molecule has 0 saturated heterocycles. The SMILES string of the molecule is C=C(C)COc1ccc(Cl)cc1CNC(C)C. The molecule has 0 radical (unpaired) electrons. The van der Waals surface area contributed by atoms with Gasteiger partial charge in [-0.05, 0) is 30.7 Å². The minimum absolute atomic E-state index is 0.433. The van der Waals surface area contributed by atoms with E-state index in [4.69, 9.17) is 16.3 Å². The summed E-state index contributed by atoms with van der Waals surface area (Å²) in [5, 5.41) is 4.09. The van der Waals surface area contributed by atoms with Gasteiger partial charge in [0.15, 0.2) is 0 Å². The zero-order valence-corrected chi connectivity index (χ0v) is 11.5. The molecule has 0 aliphatic heterocycles. The molecular weight excluding hydrogens is 234 g/mol. The van der Waals surface area contributed by atoms with Gasteiger partial charge in [0.25, 0.3) is 0 Å². The lowest BCUT2D eigenvalue weighted by atomic mass is 10.2. The summed E-state index contributed by atoms with van der Waals surface area (Å²) in [4.78, 5) is 0. The van der Waals surface area contributed by atoms with Crippen LogP contribution >= 0.6 is 11.6 Å². The van der Waals surface area contributed by atoms with Crippen LogP contribution in [0, 0.1) is 0 Å². The van der Waals surface area contributed by atoms with Gasteiger partial charge in [0.2, 0.25) is 0 Å². The van der Waals surface area contributed by atoms with E-state index >= 15 is 0 Å². The van der Waals surface area contributed by atoms with Gasteiger partial charge in [-0.25, -0.2) is 0 Å². The maximum atomic E-state index is 5.99. The minimum atomic E-state index is 0.433. The Balaban J connectivity index is 2.76. The van der Waals surface area contributed by atoms with Gasteiger partial charge in [-0.3, -0.25) is 0 Å². The van der Waals surface area contributed by atoms with Crippen molar-refractivity contribution in [2.45, 2.75) is 33.4 Å². The average Bonchev–Trinajstić information content (AvgIpc) is 2.24. The van der Waals surface area contributed by atoms with Crippen LogP contribution < -0.4 is 10.1 Å². The molecule has 0 atom stereocenters. The zero-order valence-electron chi connectivity index (χ0n) is 10.7. The van der Waals surface area contributed by atoms with Crippen molar-refractivity contribution >= 4 is 11.6 Å². The van der Waals surface area contributed by atoms with Crippen LogP contribution in [0.3, 0.4) is 0 Å². The summed E-state index contributed by atoms with van der Waals surface area (Å²) in [6.45, 7) is 11.3. The first-order chi connectivity index (χ1) is 7.99. The quantitative estimate of drug-likeness (QED) is 0.779. The van der Waals surface area contributed by atoms with E-state index < -0.39 is 0 Å². The number of nitrogens with one attached hydrogen (secondary N) is 1. The molecule has 0 unspecified atom stereocenters. The van der Waals surface area contributed by atoms with Crippen LogP contribution in [-0.4, -0.2) is 12.6 Å². The third-order valence-corrected chi connectivity index (χ3v) is 2.43. The monoisotopic (exact) mass is 253 g/mol. The van der Waals surface area contributed by atoms with Gasteiger partial charge in [-0.15, -0.1) is 0 Å². The molecule has 0 saturated carbocycles. The van der Waals surface area contributed by atoms with Crippen molar-refractivity contribution in [2.24, 2.45) is 0 Å². The zero-order chi connectivity index (χ0) is 12.8. The molecule has 1 aromatic carbocycles. The lowest BCUT2D eigenvalue weighted by molar-refractivity contribution is 0.347. The molecule has 0 amide bonds. The summed E-state index contributed by atoms with van der Waals surface area (Å²) in [5.41, 5.74) is 2.08. The summed E-state index contributed by atoms with van der Waals surface area (Å²) in [6, 6.07) is 6.12. The summed E-state index contributed by atoms with van der Waals surface area (Å²) in [6.07, 6.45) is 0. The molecule has 94 valence electrons. The summed E-state index contributed by atoms with van der Waals surface area (Å²) >= 11 is 5.99. The Kier molecular flexibility index (Phi) is 5.52. The number of hydrogen-bond acceptors (Lipinski definition) is 2. The number of hydrogen-bond donors (Lipinski definition) is 1. The molecule has 0 aromatic heterocycles. The van der Waals surface area contributed by atoms with Crippen LogP contribution in [0.2, 0.25) is 5.02 Å². The highest BCUT2D eigenvalue weighted by molar-refractivity contribution is 6.30. The largest absolute Gasteiger partial charge is 0.489 e. The molecule has 2 nitrogen and oxygen atoms in total. The smallest absolute Gasteiger partial charge is 0.124 e. The third-order valence-electron chi connectivity index (χ3n) is 2.20. The molecule has 1 aromatic rings. The van der Waals surface area contributed by atoms with Crippen molar-refractivity contribution in [1.29, 1.82) is 0 Å². The molecule has 0 aliphatic rings. The van der Waals surface area contributed by atoms with Gasteiger partial charge in [0.05, 0.1) is 0 Å². The summed E-state index contributed by atoms with van der Waals surface area (Å²) < 4.78 is 5.69. The highest BCUT2D eigenvalue weighted by atomic mass is 35.5. The maximum absolute atomic E-state index is 5.99. The van der Waals surface area contributed by atoms with Crippen molar-refractivity contribution in [3.05, 3.63) is 40.9 Å². The van der Waals surface area contributed by atoms with Gasteiger partial charge in [-0.2, -0.15) is 0 Å². The van der Waals surface area contributed by atoms with Gasteiger partial charge >= 0.3 is 0 Å². The van der Waals surface area contributed by atoms with Gasteiger partial charge in [-0.1, -0.05) is 32.0 Å². The van der Waals surface area contributed by atoms with Gasteiger partial charge in [0, 0.05) is 23.2 Å². The number of halogens is 1. The molecule has 0 bridgehead atoms. The van der Waals surface area contributed by atoms with E-state index in [9.17, 15) is 0 Å². The van der Waals surface area contributed by atoms with Crippen LogP contribution in [0.5, 0.6) is 5.75 Å². The normalized spacial score (nSPS) is 10.6. The van der Waals surface area contributed by atoms with E-state index in [1.165, 1.54) is 0 Å². The highest BCUT2D eigenvalue weighted by Crippen LogP contribution is 2.23. The Bertz CT molecular complexity index is 388. The Morgan fingerprint density at radius 1 is 1.47 bits per heavy atom. The van der Waals surface area contributed by atoms with Crippen LogP contribution in [0.25, 0.3) is 0 Å². The van der Waals surface area contributed by atoms with Crippen molar-refractivity contribution in [3.8, 4) is 5.75 Å². The Hall–Kier alpha value is -0.990. The molecule has 0 fully saturated rings. The lowest BCUT2D eigenvalue weighted by Gasteiger charge is -2.14. The van der Waals surface area contributed by atoms with E-state index in [0.29, 0.717) is 12.6 Å². The molecule has 1 rings (SSSR count). The summed E-state index contributed by atoms with van der Waals surface area (Å²) in [7, 11) is 0. The predicted octanol–water partition coefficient (Wildman–Crippen LogP) is 3.79. The highest BCUT2D eigenvalue weighted by Gasteiger charge is 2.05. The second-order valence-corrected chi connectivity index (χ2v) is 4.97. The van der Waals surface area contributed by atoms with Crippen LogP contribution in [0.4, 0.5) is 0 Å². The molecule has 0 spiro atoms. The molecule has 17 heavy (non-hydrogen) atoms. The Labute approximate surface area is 109 Å². The molecular formula is C14H20ClNO. The van der Waals surface area contributed by atoms with E-state index in [-0.39, 0.29) is 0 Å². The lowest BCUT2D eigenvalue weighted by Crippen LogP contribution is -2.22. The second kappa shape index (κ2) is 6.67. The standard InChI is InChI=1S/C14H20ClNO/c1-10(2)9-17-14-6-5-13(15)7-12(14)8-16-11(3)4/h5-7,11,16H,1,8-9H2,2-4H3. The first-order valence-electron chi connectivity index (χ1n) is 5.78. The van der Waals surface area contributed by atoms with Gasteiger partial charge < -0.3 is 10.1 Å². The van der Waals surface area contributed by atoms with E-state index in [0.717, 1.165) is 28.5 Å². The summed E-state index contributed by atoms with van der Waals surface area (Å²) in [5.74, 6) is 0.866. The van der Waals surface area contributed by atoms with Crippen molar-refractivity contribution < 1.29 is 4.74 Å². The molecule has 3 heteroatoms. The number of ether oxygens (including phenoxy) is 1. The predicted molar refractivity (Wildman–Crippen MR) is 73.7 cm³/mol. The van der Waals surface area contributed by atoms with E-state index in [2.05, 4.69) is 25.7 Å². The van der Waals surface area contributed by atoms with Crippen LogP contribution in [0.15, 0.2) is 30.4 Å². The van der Waals surface area contributed by atoms with Crippen molar-refractivity contribution in [1.82, 2.24) is 5.32 Å². The second-order valence-electron chi connectivity index (χ2n) is 4.53. The van der Waals surface area contributed by atoms with Crippen molar-refractivity contribution in [2.75, 3.05) is 6.61 Å². The molecule has 1 N–H and O–H groups in total. The van der Waals surface area contributed by atoms with Crippen LogP contribution in [-0.2, 0) is 6.54 Å². The average molecular weight is 254 g/mol. The van der Waals surface area contributed by atoms with Crippen LogP contribution in [0.1, 0.15) is 26.3 Å². The fraction of sp³-hybridized carbons (Fsp3) is 0.429. The Morgan fingerprint density at radius 3 is 2.76 bits per heavy atom. The number of benzene rings is 1. The number of rotatable bonds is 6. The topological polar surface area (TPSA) is 21.3 Å². The molecule has 0 heterocycles. The first-order valence-corrected chi connectivity index (χ1v) is 6.16. The maximum Gasteiger partial charge on any atom is 0.124 e. The minimum Gasteiger partial charge on any atom is -0.489 e. The molecule has 0 aliphatic carbocycles. The fourth-order valence-electron chi connectivity index (χ4n) is 1.34. The third kappa shape index (κ3) is 5.24. The van der Waals surface area contributed by atoms with E-state index in [1.807, 2.05) is 25.1 Å². The van der Waals surface area contributed by atoms with Crippen molar-refractivity contribution in [3.63, 3.8) is 0 Å². The fourth-order valence-corrected chi connectivity index (χ4v) is 1.54. The first kappa shape index (κ1) is 14.1. The Morgan fingerprint density at radius 2 is 2.18 bits per heavy atom. The van der Waals surface area contributed by atoms with E-state index in [1.54, 1.807) is 0 Å². The van der Waals surface area contributed by atoms with Gasteiger partial charge in [0.1, 0.15) is 12.4 Å².